The standard InChI is InChI=1S/C13H15F2N3O2/c1-18(7-11(14)15)6-9-8-4-2-3-5-10(8)20-12(9)13(19)17-16/h2-5,11H,6-7,16H2,1H3,(H,17,19). The van der Waals surface area contributed by atoms with Crippen LogP contribution in [0.4, 0.5) is 8.78 Å². The third-order valence-electron chi connectivity index (χ3n) is 2.91. The number of nitrogens with two attached hydrogens (primary N) is 1. The lowest BCUT2D eigenvalue weighted by molar-refractivity contribution is 0.0915. The fourth-order valence-electron chi connectivity index (χ4n) is 2.07. The molecule has 0 aliphatic heterocycles. The highest BCUT2D eigenvalue weighted by molar-refractivity contribution is 5.98. The minimum atomic E-state index is -2.44. The first kappa shape index (κ1) is 14.4. The maximum atomic E-state index is 12.4. The van der Waals surface area contributed by atoms with Gasteiger partial charge in [0.05, 0.1) is 6.54 Å². The Balaban J connectivity index is 2.40. The zero-order valence-electron chi connectivity index (χ0n) is 10.9. The number of carbonyl (C=O) groups excluding carboxylic acids is 1. The van der Waals surface area contributed by atoms with E-state index in [2.05, 4.69) is 0 Å². The van der Waals surface area contributed by atoms with Gasteiger partial charge in [-0.1, -0.05) is 18.2 Å². The maximum Gasteiger partial charge on any atom is 0.301 e. The van der Waals surface area contributed by atoms with Crippen LogP contribution in [0, 0.1) is 0 Å². The first-order valence-corrected chi connectivity index (χ1v) is 6.01. The summed E-state index contributed by atoms with van der Waals surface area (Å²) in [5.74, 6) is 4.58. The lowest BCUT2D eigenvalue weighted by Crippen LogP contribution is -2.31. The van der Waals surface area contributed by atoms with Crippen LogP contribution in [0.15, 0.2) is 28.7 Å². The van der Waals surface area contributed by atoms with Gasteiger partial charge in [-0.2, -0.15) is 0 Å². The summed E-state index contributed by atoms with van der Waals surface area (Å²) in [5.41, 5.74) is 3.07. The molecule has 0 radical (unpaired) electrons. The van der Waals surface area contributed by atoms with Crippen LogP contribution in [0.3, 0.4) is 0 Å². The van der Waals surface area contributed by atoms with Crippen LogP contribution in [-0.4, -0.2) is 30.8 Å². The smallest absolute Gasteiger partial charge is 0.301 e. The van der Waals surface area contributed by atoms with E-state index < -0.39 is 12.3 Å². The summed E-state index contributed by atoms with van der Waals surface area (Å²) >= 11 is 0. The molecule has 1 amide bonds. The number of hydrazine groups is 1. The topological polar surface area (TPSA) is 71.5 Å². The number of amides is 1. The second-order valence-electron chi connectivity index (χ2n) is 4.47. The van der Waals surface area contributed by atoms with Crippen molar-refractivity contribution < 1.29 is 18.0 Å². The molecule has 1 aromatic carbocycles. The van der Waals surface area contributed by atoms with Crippen molar-refractivity contribution in [3.63, 3.8) is 0 Å². The Labute approximate surface area is 114 Å². The quantitative estimate of drug-likeness (QED) is 0.498. The summed E-state index contributed by atoms with van der Waals surface area (Å²) in [6, 6.07) is 7.04. The molecule has 3 N–H and O–H groups in total. The van der Waals surface area contributed by atoms with Crippen molar-refractivity contribution in [3.8, 4) is 0 Å². The number of benzene rings is 1. The second kappa shape index (κ2) is 5.98. The Morgan fingerprint density at radius 3 is 2.80 bits per heavy atom. The third-order valence-corrected chi connectivity index (χ3v) is 2.91. The number of hydrogen-bond donors (Lipinski definition) is 2. The second-order valence-corrected chi connectivity index (χ2v) is 4.47. The summed E-state index contributed by atoms with van der Waals surface area (Å²) in [4.78, 5) is 13.1. The highest BCUT2D eigenvalue weighted by atomic mass is 19.3. The Kier molecular flexibility index (Phi) is 4.31. The van der Waals surface area contributed by atoms with Gasteiger partial charge in [-0.15, -0.1) is 0 Å². The number of fused-ring (bicyclic) bond motifs is 1. The third kappa shape index (κ3) is 2.94. The number of carbonyl (C=O) groups is 1. The van der Waals surface area contributed by atoms with E-state index in [1.165, 1.54) is 4.90 Å². The van der Waals surface area contributed by atoms with E-state index in [1.54, 1.807) is 31.3 Å². The van der Waals surface area contributed by atoms with Gasteiger partial charge in [-0.3, -0.25) is 15.1 Å². The van der Waals surface area contributed by atoms with Gasteiger partial charge in [-0.05, 0) is 13.1 Å². The van der Waals surface area contributed by atoms with Crippen molar-refractivity contribution >= 4 is 16.9 Å². The van der Waals surface area contributed by atoms with E-state index in [0.29, 0.717) is 16.5 Å². The van der Waals surface area contributed by atoms with E-state index >= 15 is 0 Å². The van der Waals surface area contributed by atoms with Crippen LogP contribution in [0.5, 0.6) is 0 Å². The van der Waals surface area contributed by atoms with Gasteiger partial charge >= 0.3 is 5.91 Å². The zero-order valence-corrected chi connectivity index (χ0v) is 10.9. The fraction of sp³-hybridized carbons (Fsp3) is 0.308. The van der Waals surface area contributed by atoms with E-state index in [9.17, 15) is 13.6 Å². The molecule has 20 heavy (non-hydrogen) atoms. The van der Waals surface area contributed by atoms with Crippen molar-refractivity contribution in [2.45, 2.75) is 13.0 Å². The summed E-state index contributed by atoms with van der Waals surface area (Å²) < 4.78 is 30.2. The first-order valence-electron chi connectivity index (χ1n) is 6.01. The van der Waals surface area contributed by atoms with E-state index in [0.717, 1.165) is 0 Å². The van der Waals surface area contributed by atoms with E-state index in [-0.39, 0.29) is 18.8 Å². The number of para-hydroxylation sites is 1. The molecule has 0 aliphatic carbocycles. The van der Waals surface area contributed by atoms with Crippen LogP contribution in [-0.2, 0) is 6.54 Å². The Morgan fingerprint density at radius 1 is 1.45 bits per heavy atom. The number of nitrogens with one attached hydrogen (secondary N) is 1. The van der Waals surface area contributed by atoms with Crippen LogP contribution in [0.2, 0.25) is 0 Å². The molecule has 0 atom stereocenters. The average molecular weight is 283 g/mol. The molecule has 108 valence electrons. The summed E-state index contributed by atoms with van der Waals surface area (Å²) in [5, 5.41) is 0.715. The lowest BCUT2D eigenvalue weighted by atomic mass is 10.1. The fourth-order valence-corrected chi connectivity index (χ4v) is 2.07. The molecule has 0 aliphatic rings. The predicted molar refractivity (Wildman–Crippen MR) is 70.2 cm³/mol. The van der Waals surface area contributed by atoms with Gasteiger partial charge in [0.25, 0.3) is 6.43 Å². The minimum absolute atomic E-state index is 0.0508. The molecular weight excluding hydrogens is 268 g/mol. The van der Waals surface area contributed by atoms with Gasteiger partial charge in [0.2, 0.25) is 0 Å². The van der Waals surface area contributed by atoms with Gasteiger partial charge in [0.15, 0.2) is 5.76 Å². The Bertz CT molecular complexity index is 613. The molecule has 7 heteroatoms. The van der Waals surface area contributed by atoms with Gasteiger partial charge in [0, 0.05) is 17.5 Å². The molecule has 2 aromatic rings. The Hall–Kier alpha value is -1.99. The molecule has 5 nitrogen and oxygen atoms in total. The molecule has 0 unspecified atom stereocenters. The van der Waals surface area contributed by atoms with Gasteiger partial charge in [-0.25, -0.2) is 14.6 Å². The van der Waals surface area contributed by atoms with Crippen molar-refractivity contribution in [3.05, 3.63) is 35.6 Å². The van der Waals surface area contributed by atoms with Crippen LogP contribution < -0.4 is 11.3 Å². The number of furan rings is 1. The summed E-state index contributed by atoms with van der Waals surface area (Å²) in [7, 11) is 1.55. The number of rotatable bonds is 5. The Morgan fingerprint density at radius 2 is 2.15 bits per heavy atom. The molecular formula is C13H15F2N3O2. The van der Waals surface area contributed by atoms with E-state index in [1.807, 2.05) is 5.43 Å². The van der Waals surface area contributed by atoms with Crippen LogP contribution in [0.1, 0.15) is 16.1 Å². The molecule has 2 rings (SSSR count). The summed E-state index contributed by atoms with van der Waals surface area (Å²) in [6.07, 6.45) is -2.44. The van der Waals surface area contributed by atoms with Gasteiger partial charge in [0.1, 0.15) is 5.58 Å². The normalized spacial score (nSPS) is 11.5. The van der Waals surface area contributed by atoms with E-state index in [4.69, 9.17) is 10.3 Å². The summed E-state index contributed by atoms with van der Waals surface area (Å²) in [6.45, 7) is -0.215. The predicted octanol–water partition coefficient (Wildman–Crippen LogP) is 1.73. The monoisotopic (exact) mass is 283 g/mol. The van der Waals surface area contributed by atoms with Crippen LogP contribution in [0.25, 0.3) is 11.0 Å². The molecule has 0 saturated heterocycles. The van der Waals surface area contributed by atoms with Crippen molar-refractivity contribution in [1.29, 1.82) is 0 Å². The first-order chi connectivity index (χ1) is 9.52. The molecule has 0 bridgehead atoms. The van der Waals surface area contributed by atoms with Crippen molar-refractivity contribution in [2.24, 2.45) is 5.84 Å². The minimum Gasteiger partial charge on any atom is -0.451 e. The molecule has 0 fully saturated rings. The number of halogens is 2. The maximum absolute atomic E-state index is 12.4. The SMILES string of the molecule is CN(Cc1c(C(=O)NN)oc2ccccc12)CC(F)F. The number of alkyl halides is 2. The van der Waals surface area contributed by atoms with Gasteiger partial charge < -0.3 is 4.42 Å². The number of hydrogen-bond acceptors (Lipinski definition) is 4. The molecule has 1 heterocycles. The molecule has 1 aromatic heterocycles. The highest BCUT2D eigenvalue weighted by Crippen LogP contribution is 2.27. The lowest BCUT2D eigenvalue weighted by Gasteiger charge is -2.15. The van der Waals surface area contributed by atoms with Crippen molar-refractivity contribution in [1.82, 2.24) is 10.3 Å². The average Bonchev–Trinajstić information content (AvgIpc) is 2.76. The number of nitrogens with zero attached hydrogens (tertiary/aromatic N) is 1. The number of nitrogen functional groups attached to an aromatic ring is 1. The molecule has 0 saturated carbocycles. The molecule has 0 spiro atoms. The van der Waals surface area contributed by atoms with Crippen LogP contribution >= 0.6 is 0 Å². The highest BCUT2D eigenvalue weighted by Gasteiger charge is 2.21. The van der Waals surface area contributed by atoms with Crippen molar-refractivity contribution in [2.75, 3.05) is 13.6 Å². The largest absolute Gasteiger partial charge is 0.451 e. The zero-order chi connectivity index (χ0) is 14.7.